The van der Waals surface area contributed by atoms with Crippen molar-refractivity contribution in [2.75, 3.05) is 19.0 Å². The number of ether oxygens (including phenoxy) is 1. The van der Waals surface area contributed by atoms with Crippen LogP contribution >= 0.6 is 0 Å². The standard InChI is InChI=1S/C12H18N4O2/c1-3-18-9-6-8(7-9)14-11-5-4-10(15-16-11)12(17)13-2/h4-5,8-9H,3,6-7H2,1-2H3,(H,13,17)(H,14,16). The Balaban J connectivity index is 1.83. The van der Waals surface area contributed by atoms with Gasteiger partial charge in [0.05, 0.1) is 6.10 Å². The second kappa shape index (κ2) is 5.77. The Morgan fingerprint density at radius 2 is 2.22 bits per heavy atom. The molecule has 0 atom stereocenters. The van der Waals surface area contributed by atoms with Gasteiger partial charge in [-0.25, -0.2) is 0 Å². The van der Waals surface area contributed by atoms with E-state index in [-0.39, 0.29) is 5.91 Å². The molecule has 0 bridgehead atoms. The van der Waals surface area contributed by atoms with Crippen LogP contribution in [0.25, 0.3) is 0 Å². The van der Waals surface area contributed by atoms with Crippen LogP contribution in [0.1, 0.15) is 30.3 Å². The molecule has 98 valence electrons. The Morgan fingerprint density at radius 1 is 1.44 bits per heavy atom. The lowest BCUT2D eigenvalue weighted by atomic mass is 9.89. The molecule has 1 amide bonds. The fourth-order valence-electron chi connectivity index (χ4n) is 1.92. The molecule has 1 aliphatic carbocycles. The number of carbonyl (C=O) groups excluding carboxylic acids is 1. The monoisotopic (exact) mass is 250 g/mol. The highest BCUT2D eigenvalue weighted by Crippen LogP contribution is 2.25. The second-order valence-electron chi connectivity index (χ2n) is 4.27. The number of rotatable bonds is 5. The van der Waals surface area contributed by atoms with Crippen molar-refractivity contribution in [3.8, 4) is 0 Å². The summed E-state index contributed by atoms with van der Waals surface area (Å²) in [4.78, 5) is 11.3. The Bertz CT molecular complexity index is 401. The highest BCUT2D eigenvalue weighted by atomic mass is 16.5. The first-order valence-corrected chi connectivity index (χ1v) is 6.17. The van der Waals surface area contributed by atoms with Crippen LogP contribution in [0.2, 0.25) is 0 Å². The number of aromatic nitrogens is 2. The van der Waals surface area contributed by atoms with Crippen molar-refractivity contribution in [3.05, 3.63) is 17.8 Å². The van der Waals surface area contributed by atoms with Crippen molar-refractivity contribution < 1.29 is 9.53 Å². The number of hydrogen-bond acceptors (Lipinski definition) is 5. The van der Waals surface area contributed by atoms with E-state index in [0.29, 0.717) is 23.7 Å². The molecular weight excluding hydrogens is 232 g/mol. The molecule has 2 rings (SSSR count). The van der Waals surface area contributed by atoms with Gasteiger partial charge in [0, 0.05) is 19.7 Å². The number of carbonyl (C=O) groups is 1. The number of hydrogen-bond donors (Lipinski definition) is 2. The van der Waals surface area contributed by atoms with Gasteiger partial charge < -0.3 is 15.4 Å². The van der Waals surface area contributed by atoms with Gasteiger partial charge in [-0.3, -0.25) is 4.79 Å². The van der Waals surface area contributed by atoms with E-state index >= 15 is 0 Å². The average molecular weight is 250 g/mol. The van der Waals surface area contributed by atoms with Crippen LogP contribution in [-0.2, 0) is 4.74 Å². The van der Waals surface area contributed by atoms with E-state index in [1.807, 2.05) is 6.92 Å². The first kappa shape index (κ1) is 12.8. The zero-order valence-corrected chi connectivity index (χ0v) is 10.6. The van der Waals surface area contributed by atoms with E-state index in [1.165, 1.54) is 0 Å². The molecule has 0 unspecified atom stereocenters. The van der Waals surface area contributed by atoms with Gasteiger partial charge in [-0.05, 0) is 31.9 Å². The molecule has 1 heterocycles. The van der Waals surface area contributed by atoms with Crippen molar-refractivity contribution in [2.24, 2.45) is 0 Å². The highest BCUT2D eigenvalue weighted by molar-refractivity contribution is 5.91. The van der Waals surface area contributed by atoms with Gasteiger partial charge >= 0.3 is 0 Å². The maximum atomic E-state index is 11.3. The quantitative estimate of drug-likeness (QED) is 0.809. The zero-order valence-electron chi connectivity index (χ0n) is 10.6. The molecule has 1 aliphatic rings. The molecule has 0 radical (unpaired) electrons. The molecule has 1 fully saturated rings. The summed E-state index contributed by atoms with van der Waals surface area (Å²) in [6.45, 7) is 2.77. The molecule has 0 aromatic carbocycles. The largest absolute Gasteiger partial charge is 0.378 e. The van der Waals surface area contributed by atoms with E-state index in [1.54, 1.807) is 19.2 Å². The molecule has 1 saturated carbocycles. The molecule has 6 heteroatoms. The summed E-state index contributed by atoms with van der Waals surface area (Å²) in [5.41, 5.74) is 0.323. The van der Waals surface area contributed by atoms with Crippen LogP contribution in [0.5, 0.6) is 0 Å². The normalized spacial score (nSPS) is 22.1. The SMILES string of the molecule is CCOC1CC(Nc2ccc(C(=O)NC)nn2)C1. The Morgan fingerprint density at radius 3 is 2.78 bits per heavy atom. The van der Waals surface area contributed by atoms with Gasteiger partial charge in [0.2, 0.25) is 0 Å². The summed E-state index contributed by atoms with van der Waals surface area (Å²) in [6.07, 6.45) is 2.35. The average Bonchev–Trinajstić information content (AvgIpc) is 2.36. The third kappa shape index (κ3) is 2.95. The lowest BCUT2D eigenvalue weighted by Gasteiger charge is -2.35. The summed E-state index contributed by atoms with van der Waals surface area (Å²) in [5.74, 6) is 0.469. The molecule has 1 aromatic rings. The van der Waals surface area contributed by atoms with Crippen LogP contribution in [0.3, 0.4) is 0 Å². The van der Waals surface area contributed by atoms with Crippen molar-refractivity contribution >= 4 is 11.7 Å². The summed E-state index contributed by atoms with van der Waals surface area (Å²) in [6, 6.07) is 3.82. The molecule has 2 N–H and O–H groups in total. The van der Waals surface area contributed by atoms with Crippen molar-refractivity contribution in [2.45, 2.75) is 31.9 Å². The first-order valence-electron chi connectivity index (χ1n) is 6.17. The smallest absolute Gasteiger partial charge is 0.271 e. The Labute approximate surface area is 106 Å². The molecule has 0 saturated heterocycles. The summed E-state index contributed by atoms with van der Waals surface area (Å²) in [5, 5.41) is 13.6. The third-order valence-corrected chi connectivity index (χ3v) is 2.97. The maximum absolute atomic E-state index is 11.3. The minimum Gasteiger partial charge on any atom is -0.378 e. The van der Waals surface area contributed by atoms with Gasteiger partial charge in [-0.1, -0.05) is 0 Å². The minimum atomic E-state index is -0.228. The van der Waals surface area contributed by atoms with E-state index in [9.17, 15) is 4.79 Å². The van der Waals surface area contributed by atoms with Crippen LogP contribution in [0.15, 0.2) is 12.1 Å². The Kier molecular flexibility index (Phi) is 4.09. The summed E-state index contributed by atoms with van der Waals surface area (Å²) >= 11 is 0. The van der Waals surface area contributed by atoms with Crippen LogP contribution in [0.4, 0.5) is 5.82 Å². The van der Waals surface area contributed by atoms with Crippen molar-refractivity contribution in [1.82, 2.24) is 15.5 Å². The fraction of sp³-hybridized carbons (Fsp3) is 0.583. The number of amides is 1. The van der Waals surface area contributed by atoms with Gasteiger partial charge in [-0.2, -0.15) is 0 Å². The van der Waals surface area contributed by atoms with Gasteiger partial charge in [-0.15, -0.1) is 10.2 Å². The summed E-state index contributed by atoms with van der Waals surface area (Å²) < 4.78 is 5.48. The molecule has 0 spiro atoms. The van der Waals surface area contributed by atoms with E-state index in [2.05, 4.69) is 20.8 Å². The maximum Gasteiger partial charge on any atom is 0.271 e. The fourth-order valence-corrected chi connectivity index (χ4v) is 1.92. The lowest BCUT2D eigenvalue weighted by Crippen LogP contribution is -2.41. The number of anilines is 1. The van der Waals surface area contributed by atoms with Crippen LogP contribution in [-0.4, -0.2) is 41.9 Å². The van der Waals surface area contributed by atoms with Crippen LogP contribution < -0.4 is 10.6 Å². The zero-order chi connectivity index (χ0) is 13.0. The van der Waals surface area contributed by atoms with E-state index in [4.69, 9.17) is 4.74 Å². The third-order valence-electron chi connectivity index (χ3n) is 2.97. The molecule has 0 aliphatic heterocycles. The predicted molar refractivity (Wildman–Crippen MR) is 67.5 cm³/mol. The van der Waals surface area contributed by atoms with E-state index in [0.717, 1.165) is 19.4 Å². The minimum absolute atomic E-state index is 0.228. The molecule has 6 nitrogen and oxygen atoms in total. The van der Waals surface area contributed by atoms with Gasteiger partial charge in [0.1, 0.15) is 5.82 Å². The van der Waals surface area contributed by atoms with Crippen LogP contribution in [0, 0.1) is 0 Å². The van der Waals surface area contributed by atoms with Crippen molar-refractivity contribution in [1.29, 1.82) is 0 Å². The Hall–Kier alpha value is -1.69. The van der Waals surface area contributed by atoms with Gasteiger partial charge in [0.25, 0.3) is 5.91 Å². The summed E-state index contributed by atoms with van der Waals surface area (Å²) in [7, 11) is 1.57. The lowest BCUT2D eigenvalue weighted by molar-refractivity contribution is 0.00291. The van der Waals surface area contributed by atoms with Crippen molar-refractivity contribution in [3.63, 3.8) is 0 Å². The predicted octanol–water partition coefficient (Wildman–Crippen LogP) is 0.816. The topological polar surface area (TPSA) is 76.1 Å². The molecule has 18 heavy (non-hydrogen) atoms. The number of nitrogens with zero attached hydrogens (tertiary/aromatic N) is 2. The highest BCUT2D eigenvalue weighted by Gasteiger charge is 2.29. The van der Waals surface area contributed by atoms with Gasteiger partial charge in [0.15, 0.2) is 5.69 Å². The second-order valence-corrected chi connectivity index (χ2v) is 4.27. The molecule has 1 aromatic heterocycles. The first-order chi connectivity index (χ1) is 8.72. The number of nitrogens with one attached hydrogen (secondary N) is 2. The van der Waals surface area contributed by atoms with E-state index < -0.39 is 0 Å². The molecular formula is C12H18N4O2.